The molecule has 0 aliphatic carbocycles. The Kier molecular flexibility index (Phi) is 4.63. The summed E-state index contributed by atoms with van der Waals surface area (Å²) in [6, 6.07) is 22.1. The number of nitro groups is 1. The predicted octanol–water partition coefficient (Wildman–Crippen LogP) is 3.93. The molecule has 4 aromatic rings. The number of aromatic nitrogens is 4. The summed E-state index contributed by atoms with van der Waals surface area (Å²) in [5.41, 5.74) is 3.14. The summed E-state index contributed by atoms with van der Waals surface area (Å²) in [5.74, 6) is 0.544. The molecule has 1 N–H and O–H groups in total. The van der Waals surface area contributed by atoms with Crippen molar-refractivity contribution in [2.45, 2.75) is 0 Å². The van der Waals surface area contributed by atoms with Crippen molar-refractivity contribution in [1.29, 1.82) is 0 Å². The Balaban J connectivity index is 1.84. The van der Waals surface area contributed by atoms with Crippen molar-refractivity contribution in [3.8, 4) is 28.2 Å². The second-order valence-electron chi connectivity index (χ2n) is 5.78. The number of tetrazole rings is 1. The van der Waals surface area contributed by atoms with E-state index < -0.39 is 4.92 Å². The molecule has 132 valence electrons. The molecule has 0 atom stereocenters. The van der Waals surface area contributed by atoms with Gasteiger partial charge in [-0.2, -0.15) is 0 Å². The molecule has 8 heteroatoms. The maximum absolute atomic E-state index is 11.2. The maximum atomic E-state index is 11.2. The van der Waals surface area contributed by atoms with Gasteiger partial charge in [-0.25, -0.2) is 0 Å². The third kappa shape index (κ3) is 3.56. The van der Waals surface area contributed by atoms with Crippen molar-refractivity contribution in [3.05, 3.63) is 86.5 Å². The lowest BCUT2D eigenvalue weighted by Crippen LogP contribution is -2.36. The van der Waals surface area contributed by atoms with Crippen LogP contribution in [0.3, 0.4) is 0 Å². The van der Waals surface area contributed by atoms with Gasteiger partial charge in [-0.1, -0.05) is 30.3 Å². The molecule has 0 aliphatic rings. The molecule has 0 unspecified atom stereocenters. The lowest BCUT2D eigenvalue weighted by molar-refractivity contribution is -0.715. The van der Waals surface area contributed by atoms with E-state index in [2.05, 4.69) is 38.0 Å². The van der Waals surface area contributed by atoms with E-state index in [0.717, 1.165) is 14.7 Å². The van der Waals surface area contributed by atoms with Crippen molar-refractivity contribution in [3.63, 3.8) is 0 Å². The van der Waals surface area contributed by atoms with Crippen LogP contribution >= 0.6 is 22.6 Å². The number of nitrogens with one attached hydrogen (secondary N) is 1. The van der Waals surface area contributed by atoms with Crippen molar-refractivity contribution in [2.24, 2.45) is 0 Å². The van der Waals surface area contributed by atoms with Gasteiger partial charge in [0.2, 0.25) is 0 Å². The number of aromatic amines is 1. The van der Waals surface area contributed by atoms with Crippen LogP contribution in [0, 0.1) is 13.7 Å². The summed E-state index contributed by atoms with van der Waals surface area (Å²) < 4.78 is 1.09. The van der Waals surface area contributed by atoms with E-state index in [4.69, 9.17) is 0 Å². The van der Waals surface area contributed by atoms with Crippen molar-refractivity contribution >= 4 is 28.3 Å². The maximum Gasteiger partial charge on any atom is 0.339 e. The smallest absolute Gasteiger partial charge is 0.258 e. The molecule has 0 spiro atoms. The molecule has 0 aliphatic heterocycles. The molecule has 7 nitrogen and oxygen atoms in total. The zero-order valence-electron chi connectivity index (χ0n) is 13.9. The Bertz CT molecular complexity index is 1110. The molecule has 27 heavy (non-hydrogen) atoms. The van der Waals surface area contributed by atoms with Crippen molar-refractivity contribution in [1.82, 2.24) is 15.4 Å². The highest BCUT2D eigenvalue weighted by atomic mass is 127. The highest BCUT2D eigenvalue weighted by Crippen LogP contribution is 2.28. The largest absolute Gasteiger partial charge is 0.339 e. The molecule has 3 aromatic carbocycles. The van der Waals surface area contributed by atoms with Gasteiger partial charge in [-0.3, -0.25) is 10.1 Å². The highest BCUT2D eigenvalue weighted by molar-refractivity contribution is 14.1. The van der Waals surface area contributed by atoms with E-state index >= 15 is 0 Å². The van der Waals surface area contributed by atoms with Gasteiger partial charge in [-0.05, 0) is 73.6 Å². The standard InChI is InChI=1S/C19H12IN5O2/c20-15-8-6-13(7-9-15)17-12-16(25(26)27)10-11-18(17)24-22-19(21-23-24)14-4-2-1-3-5-14/h1-12H/p+1. The van der Waals surface area contributed by atoms with E-state index in [1.807, 2.05) is 54.6 Å². The number of non-ortho nitro benzene ring substituents is 1. The molecule has 0 saturated carbocycles. The van der Waals surface area contributed by atoms with Gasteiger partial charge in [0.15, 0.2) is 5.69 Å². The van der Waals surface area contributed by atoms with Crippen LogP contribution in [-0.4, -0.2) is 20.3 Å². The fourth-order valence-electron chi connectivity index (χ4n) is 2.73. The first kappa shape index (κ1) is 17.3. The number of halogens is 1. The SMILES string of the molecule is O=[N+]([O-])c1ccc(-[n+]2nc(-c3ccccc3)n[nH]2)c(-c2ccc(I)cc2)c1. The Morgan fingerprint density at radius 1 is 0.963 bits per heavy atom. The molecule has 1 heterocycles. The first-order chi connectivity index (χ1) is 13.1. The van der Waals surface area contributed by atoms with Crippen LogP contribution in [0.25, 0.3) is 28.2 Å². The zero-order chi connectivity index (χ0) is 18.8. The number of nitrogens with zero attached hydrogens (tertiary/aromatic N) is 4. The average molecular weight is 470 g/mol. The number of benzene rings is 3. The number of nitro benzene ring substituents is 1. The number of hydrogen-bond donors (Lipinski definition) is 1. The fourth-order valence-corrected chi connectivity index (χ4v) is 3.09. The van der Waals surface area contributed by atoms with Crippen molar-refractivity contribution in [2.75, 3.05) is 0 Å². The summed E-state index contributed by atoms with van der Waals surface area (Å²) in [7, 11) is 0. The molecular formula is C19H13IN5O2+. The Labute approximate surface area is 168 Å². The second-order valence-corrected chi connectivity index (χ2v) is 7.02. The third-order valence-corrected chi connectivity index (χ3v) is 4.77. The summed E-state index contributed by atoms with van der Waals surface area (Å²) in [4.78, 5) is 12.4. The Morgan fingerprint density at radius 2 is 1.70 bits per heavy atom. The van der Waals surface area contributed by atoms with E-state index in [0.29, 0.717) is 17.1 Å². The first-order valence-electron chi connectivity index (χ1n) is 8.07. The summed E-state index contributed by atoms with van der Waals surface area (Å²) >= 11 is 2.22. The normalized spacial score (nSPS) is 10.7. The van der Waals surface area contributed by atoms with Crippen LogP contribution < -0.4 is 4.80 Å². The molecule has 0 fully saturated rings. The van der Waals surface area contributed by atoms with Crippen LogP contribution in [0.5, 0.6) is 0 Å². The third-order valence-electron chi connectivity index (χ3n) is 4.05. The monoisotopic (exact) mass is 470 g/mol. The van der Waals surface area contributed by atoms with E-state index in [9.17, 15) is 10.1 Å². The van der Waals surface area contributed by atoms with Crippen molar-refractivity contribution < 1.29 is 9.72 Å². The van der Waals surface area contributed by atoms with E-state index in [1.165, 1.54) is 10.9 Å². The molecule has 4 rings (SSSR count). The molecule has 1 aromatic heterocycles. The summed E-state index contributed by atoms with van der Waals surface area (Å²) in [6.45, 7) is 0. The quantitative estimate of drug-likeness (QED) is 0.212. The Hall–Kier alpha value is -3.14. The van der Waals surface area contributed by atoms with Gasteiger partial charge in [-0.15, -0.1) is 0 Å². The summed E-state index contributed by atoms with van der Waals surface area (Å²) in [5, 5.41) is 22.9. The van der Waals surface area contributed by atoms with E-state index in [-0.39, 0.29) is 5.69 Å². The molecular weight excluding hydrogens is 457 g/mol. The molecule has 0 amide bonds. The second kappa shape index (κ2) is 7.23. The van der Waals surface area contributed by atoms with Gasteiger partial charge < -0.3 is 0 Å². The lowest BCUT2D eigenvalue weighted by Gasteiger charge is -2.05. The molecule has 0 bridgehead atoms. The van der Waals surface area contributed by atoms with Gasteiger partial charge in [0.1, 0.15) is 0 Å². The predicted molar refractivity (Wildman–Crippen MR) is 108 cm³/mol. The van der Waals surface area contributed by atoms with Gasteiger partial charge in [0, 0.05) is 21.3 Å². The minimum atomic E-state index is -0.402. The van der Waals surface area contributed by atoms with Gasteiger partial charge in [0.25, 0.3) is 5.69 Å². The molecule has 0 saturated heterocycles. The topological polar surface area (TPSA) is 88.6 Å². The van der Waals surface area contributed by atoms with Crippen LogP contribution in [-0.2, 0) is 0 Å². The Morgan fingerprint density at radius 3 is 2.41 bits per heavy atom. The van der Waals surface area contributed by atoms with Crippen LogP contribution in [0.2, 0.25) is 0 Å². The highest BCUT2D eigenvalue weighted by Gasteiger charge is 2.21. The lowest BCUT2D eigenvalue weighted by atomic mass is 10.0. The zero-order valence-corrected chi connectivity index (χ0v) is 16.1. The average Bonchev–Trinajstić information content (AvgIpc) is 3.19. The number of rotatable bonds is 4. The first-order valence-corrected chi connectivity index (χ1v) is 9.14. The van der Waals surface area contributed by atoms with Crippen LogP contribution in [0.1, 0.15) is 0 Å². The fraction of sp³-hybridized carbons (Fsp3) is 0. The van der Waals surface area contributed by atoms with Crippen LogP contribution in [0.15, 0.2) is 72.8 Å². The summed E-state index contributed by atoms with van der Waals surface area (Å²) in [6.07, 6.45) is 0. The van der Waals surface area contributed by atoms with Gasteiger partial charge >= 0.3 is 5.82 Å². The van der Waals surface area contributed by atoms with Crippen LogP contribution in [0.4, 0.5) is 5.69 Å². The number of H-pyrrole nitrogens is 1. The number of hydrogen-bond acceptors (Lipinski definition) is 4. The molecule has 0 radical (unpaired) electrons. The van der Waals surface area contributed by atoms with Gasteiger partial charge in [0.05, 0.1) is 15.6 Å². The minimum Gasteiger partial charge on any atom is -0.258 e. The van der Waals surface area contributed by atoms with E-state index in [1.54, 1.807) is 12.1 Å². The minimum absolute atomic E-state index is 0.0238.